The maximum atomic E-state index is 13.2. The largest absolute Gasteiger partial charge is 0.491 e. The summed E-state index contributed by atoms with van der Waals surface area (Å²) < 4.78 is 45.6. The van der Waals surface area contributed by atoms with E-state index in [0.29, 0.717) is 19.0 Å². The van der Waals surface area contributed by atoms with Crippen LogP contribution >= 0.6 is 0 Å². The molecule has 0 aliphatic carbocycles. The molecule has 1 saturated heterocycles. The highest BCUT2D eigenvalue weighted by molar-refractivity contribution is 5.88. The van der Waals surface area contributed by atoms with E-state index in [1.54, 1.807) is 0 Å². The Morgan fingerprint density at radius 1 is 1.23 bits per heavy atom. The zero-order valence-corrected chi connectivity index (χ0v) is 16.6. The minimum absolute atomic E-state index is 0.115. The van der Waals surface area contributed by atoms with E-state index < -0.39 is 18.0 Å². The molecule has 2 aliphatic rings. The predicted octanol–water partition coefficient (Wildman–Crippen LogP) is 3.35. The second kappa shape index (κ2) is 7.69. The molecular formula is C21H22F3N5O2. The van der Waals surface area contributed by atoms with Crippen molar-refractivity contribution in [3.63, 3.8) is 0 Å². The van der Waals surface area contributed by atoms with E-state index in [1.165, 1.54) is 6.33 Å². The standard InChI is InChI=1S/C21H22F3N5O2/c22-21(23,24)17-8-14-19(27-17)25-11-26-20(14)28-18-13-5-1-2-6-16(13)31-10-15(18)29-7-3-4-12(30)9-29/h1-2,5-6,8,11-12,15,18,30H,3-4,7,9-10H2,(H2,25,26,27,28)/t12-,15-,18-/m0/s1. The van der Waals surface area contributed by atoms with Crippen molar-refractivity contribution < 1.29 is 23.0 Å². The molecule has 1 fully saturated rings. The molecule has 4 heterocycles. The van der Waals surface area contributed by atoms with Crippen LogP contribution in [0.4, 0.5) is 19.0 Å². The van der Waals surface area contributed by atoms with Gasteiger partial charge in [-0.05, 0) is 31.5 Å². The van der Waals surface area contributed by atoms with Crippen molar-refractivity contribution in [3.8, 4) is 5.75 Å². The number of rotatable bonds is 3. The fourth-order valence-corrected chi connectivity index (χ4v) is 4.48. The topological polar surface area (TPSA) is 86.3 Å². The van der Waals surface area contributed by atoms with Crippen LogP contribution in [0.5, 0.6) is 5.75 Å². The molecular weight excluding hydrogens is 411 g/mol. The zero-order chi connectivity index (χ0) is 21.6. The molecule has 0 bridgehead atoms. The SMILES string of the molecule is O[C@H]1CCCN([C@H]2COc3ccccc3[C@@H]2Nc2ncnc3[nH]c(C(F)(F)F)cc23)C1. The van der Waals surface area contributed by atoms with Crippen molar-refractivity contribution in [2.75, 3.05) is 25.0 Å². The Bertz CT molecular complexity index is 1090. The van der Waals surface area contributed by atoms with Gasteiger partial charge in [-0.25, -0.2) is 9.97 Å². The number of piperidine rings is 1. The van der Waals surface area contributed by atoms with Crippen LogP contribution in [0.15, 0.2) is 36.7 Å². The summed E-state index contributed by atoms with van der Waals surface area (Å²) in [7, 11) is 0. The van der Waals surface area contributed by atoms with Gasteiger partial charge in [-0.1, -0.05) is 18.2 Å². The van der Waals surface area contributed by atoms with E-state index in [4.69, 9.17) is 4.74 Å². The summed E-state index contributed by atoms with van der Waals surface area (Å²) in [5, 5.41) is 13.8. The maximum absolute atomic E-state index is 13.2. The van der Waals surface area contributed by atoms with Gasteiger partial charge < -0.3 is 20.1 Å². The Labute approximate surface area is 176 Å². The number of aromatic nitrogens is 3. The van der Waals surface area contributed by atoms with Gasteiger partial charge in [0.05, 0.1) is 23.6 Å². The molecule has 5 rings (SSSR count). The first kappa shape index (κ1) is 20.1. The second-order valence-corrected chi connectivity index (χ2v) is 7.99. The second-order valence-electron chi connectivity index (χ2n) is 7.99. The molecule has 3 atom stereocenters. The number of benzene rings is 1. The molecule has 31 heavy (non-hydrogen) atoms. The highest BCUT2D eigenvalue weighted by Crippen LogP contribution is 2.39. The van der Waals surface area contributed by atoms with Gasteiger partial charge in [0, 0.05) is 12.1 Å². The minimum Gasteiger partial charge on any atom is -0.491 e. The number of hydrogen-bond acceptors (Lipinski definition) is 6. The monoisotopic (exact) mass is 433 g/mol. The first-order chi connectivity index (χ1) is 14.9. The summed E-state index contributed by atoms with van der Waals surface area (Å²) in [5.74, 6) is 1.05. The van der Waals surface area contributed by atoms with E-state index in [-0.39, 0.29) is 23.1 Å². The third-order valence-electron chi connectivity index (χ3n) is 5.97. The lowest BCUT2D eigenvalue weighted by molar-refractivity contribution is -0.140. The quantitative estimate of drug-likeness (QED) is 0.588. The number of anilines is 1. The Balaban J connectivity index is 1.54. The van der Waals surface area contributed by atoms with Crippen molar-refractivity contribution in [2.45, 2.75) is 37.2 Å². The van der Waals surface area contributed by atoms with Crippen LogP contribution in [0.3, 0.4) is 0 Å². The molecule has 0 unspecified atom stereocenters. The lowest BCUT2D eigenvalue weighted by Gasteiger charge is -2.43. The Morgan fingerprint density at radius 2 is 2.06 bits per heavy atom. The van der Waals surface area contributed by atoms with E-state index in [1.807, 2.05) is 24.3 Å². The number of aromatic amines is 1. The number of likely N-dealkylation sites (tertiary alicyclic amines) is 1. The lowest BCUT2D eigenvalue weighted by Crippen LogP contribution is -2.52. The third kappa shape index (κ3) is 3.81. The van der Waals surface area contributed by atoms with Crippen LogP contribution in [-0.4, -0.2) is 56.8 Å². The molecule has 3 aromatic rings. The molecule has 0 amide bonds. The van der Waals surface area contributed by atoms with Crippen molar-refractivity contribution in [3.05, 3.63) is 47.9 Å². The van der Waals surface area contributed by atoms with Gasteiger partial charge in [-0.3, -0.25) is 4.90 Å². The first-order valence-electron chi connectivity index (χ1n) is 10.2. The molecule has 3 N–H and O–H groups in total. The zero-order valence-electron chi connectivity index (χ0n) is 16.6. The number of H-pyrrole nitrogens is 1. The van der Waals surface area contributed by atoms with E-state index >= 15 is 0 Å². The molecule has 0 saturated carbocycles. The average Bonchev–Trinajstić information content (AvgIpc) is 3.20. The summed E-state index contributed by atoms with van der Waals surface area (Å²) in [5.41, 5.74) is 0.154. The Hall–Kier alpha value is -2.85. The number of nitrogens with one attached hydrogen (secondary N) is 2. The smallest absolute Gasteiger partial charge is 0.431 e. The molecule has 2 aromatic heterocycles. The van der Waals surface area contributed by atoms with Crippen molar-refractivity contribution in [1.29, 1.82) is 0 Å². The predicted molar refractivity (Wildman–Crippen MR) is 108 cm³/mol. The van der Waals surface area contributed by atoms with E-state index in [0.717, 1.165) is 36.8 Å². The summed E-state index contributed by atoms with van der Waals surface area (Å²) in [6.07, 6.45) is -2.04. The van der Waals surface area contributed by atoms with Gasteiger partial charge in [0.1, 0.15) is 35.8 Å². The van der Waals surface area contributed by atoms with Crippen LogP contribution in [-0.2, 0) is 6.18 Å². The number of hydrogen-bond donors (Lipinski definition) is 3. The van der Waals surface area contributed by atoms with Crippen molar-refractivity contribution in [1.82, 2.24) is 19.9 Å². The number of ether oxygens (including phenoxy) is 1. The number of β-amino-alcohol motifs (C(OH)–C–C–N with tert-alkyl or cyclic N) is 1. The summed E-state index contributed by atoms with van der Waals surface area (Å²) in [4.78, 5) is 12.7. The number of nitrogens with zero attached hydrogens (tertiary/aromatic N) is 3. The Morgan fingerprint density at radius 3 is 2.87 bits per heavy atom. The molecule has 1 aromatic carbocycles. The van der Waals surface area contributed by atoms with Gasteiger partial charge in [-0.15, -0.1) is 0 Å². The van der Waals surface area contributed by atoms with E-state index in [2.05, 4.69) is 25.2 Å². The molecule has 10 heteroatoms. The number of aliphatic hydroxyl groups excluding tert-OH is 1. The van der Waals surface area contributed by atoms with Gasteiger partial charge in [0.25, 0.3) is 0 Å². The minimum atomic E-state index is -4.50. The lowest BCUT2D eigenvalue weighted by atomic mass is 9.93. The average molecular weight is 433 g/mol. The van der Waals surface area contributed by atoms with Crippen LogP contribution < -0.4 is 10.1 Å². The number of para-hydroxylation sites is 1. The van der Waals surface area contributed by atoms with Gasteiger partial charge in [0.2, 0.25) is 0 Å². The fourth-order valence-electron chi connectivity index (χ4n) is 4.48. The highest BCUT2D eigenvalue weighted by Gasteiger charge is 2.38. The van der Waals surface area contributed by atoms with Crippen LogP contribution in [0.1, 0.15) is 30.1 Å². The first-order valence-corrected chi connectivity index (χ1v) is 10.2. The van der Waals surface area contributed by atoms with Gasteiger partial charge in [-0.2, -0.15) is 13.2 Å². The van der Waals surface area contributed by atoms with Gasteiger partial charge >= 0.3 is 6.18 Å². The van der Waals surface area contributed by atoms with Gasteiger partial charge in [0.15, 0.2) is 0 Å². The maximum Gasteiger partial charge on any atom is 0.431 e. The number of halogens is 3. The van der Waals surface area contributed by atoms with Crippen LogP contribution in [0, 0.1) is 0 Å². The summed E-state index contributed by atoms with van der Waals surface area (Å²) in [6.45, 7) is 1.74. The fraction of sp³-hybridized carbons (Fsp3) is 0.429. The number of fused-ring (bicyclic) bond motifs is 2. The Kier molecular flexibility index (Phi) is 4.98. The molecule has 0 spiro atoms. The normalized spacial score (nSPS) is 24.6. The van der Waals surface area contributed by atoms with Crippen LogP contribution in [0.2, 0.25) is 0 Å². The van der Waals surface area contributed by atoms with Crippen LogP contribution in [0.25, 0.3) is 11.0 Å². The van der Waals surface area contributed by atoms with E-state index in [9.17, 15) is 18.3 Å². The third-order valence-corrected chi connectivity index (χ3v) is 5.97. The summed E-state index contributed by atoms with van der Waals surface area (Å²) in [6, 6.07) is 8.23. The highest BCUT2D eigenvalue weighted by atomic mass is 19.4. The summed E-state index contributed by atoms with van der Waals surface area (Å²) >= 11 is 0. The molecule has 2 aliphatic heterocycles. The molecule has 0 radical (unpaired) electrons. The van der Waals surface area contributed by atoms with Crippen molar-refractivity contribution in [2.24, 2.45) is 0 Å². The number of aliphatic hydroxyl groups is 1. The number of alkyl halides is 3. The molecule has 164 valence electrons. The van der Waals surface area contributed by atoms with Crippen molar-refractivity contribution >= 4 is 16.9 Å². The molecule has 7 nitrogen and oxygen atoms in total.